The second-order valence-electron chi connectivity index (χ2n) is 6.66. The van der Waals surface area contributed by atoms with E-state index in [4.69, 9.17) is 11.6 Å². The number of hydrogen-bond acceptors (Lipinski definition) is 4. The van der Waals surface area contributed by atoms with Crippen LogP contribution < -0.4 is 14.9 Å². The van der Waals surface area contributed by atoms with Crippen molar-refractivity contribution in [2.45, 2.75) is 11.8 Å². The summed E-state index contributed by atoms with van der Waals surface area (Å²) < 4.78 is 26.9. The second-order valence-corrected chi connectivity index (χ2v) is 9.04. The molecule has 0 radical (unpaired) electrons. The molecule has 3 aromatic carbocycles. The molecule has 3 rings (SSSR count). The molecule has 2 amide bonds. The molecular formula is C22H20ClN3O4S. The summed E-state index contributed by atoms with van der Waals surface area (Å²) in [6.07, 6.45) is 0. The largest absolute Gasteiger partial charge is 0.326 e. The van der Waals surface area contributed by atoms with Gasteiger partial charge in [0.1, 0.15) is 0 Å². The van der Waals surface area contributed by atoms with Crippen molar-refractivity contribution < 1.29 is 18.0 Å². The minimum Gasteiger partial charge on any atom is -0.326 e. The van der Waals surface area contributed by atoms with Crippen LogP contribution in [0.5, 0.6) is 0 Å². The highest BCUT2D eigenvalue weighted by Gasteiger charge is 2.21. The molecule has 2 N–H and O–H groups in total. The minimum atomic E-state index is -3.77. The van der Waals surface area contributed by atoms with E-state index in [1.165, 1.54) is 48.6 Å². The van der Waals surface area contributed by atoms with Crippen LogP contribution in [0, 0.1) is 0 Å². The Kier molecular flexibility index (Phi) is 6.62. The van der Waals surface area contributed by atoms with E-state index >= 15 is 0 Å². The summed E-state index contributed by atoms with van der Waals surface area (Å²) in [5, 5.41) is 5.53. The number of rotatable bonds is 6. The van der Waals surface area contributed by atoms with Crippen molar-refractivity contribution in [2.75, 3.05) is 22.0 Å². The topological polar surface area (TPSA) is 95.6 Å². The van der Waals surface area contributed by atoms with Crippen molar-refractivity contribution in [2.24, 2.45) is 0 Å². The van der Waals surface area contributed by atoms with Crippen molar-refractivity contribution in [3.05, 3.63) is 83.4 Å². The zero-order chi connectivity index (χ0) is 22.6. The number of carbonyl (C=O) groups excluding carboxylic acids is 2. The lowest BCUT2D eigenvalue weighted by molar-refractivity contribution is -0.114. The van der Waals surface area contributed by atoms with Crippen molar-refractivity contribution in [1.29, 1.82) is 0 Å². The van der Waals surface area contributed by atoms with Gasteiger partial charge in [-0.15, -0.1) is 0 Å². The van der Waals surface area contributed by atoms with E-state index in [1.807, 2.05) is 0 Å². The Morgan fingerprint density at radius 2 is 1.55 bits per heavy atom. The quantitative estimate of drug-likeness (QED) is 0.574. The molecule has 7 nitrogen and oxygen atoms in total. The first-order valence-electron chi connectivity index (χ1n) is 9.21. The van der Waals surface area contributed by atoms with E-state index in [1.54, 1.807) is 42.5 Å². The average molecular weight is 458 g/mol. The van der Waals surface area contributed by atoms with E-state index in [9.17, 15) is 18.0 Å². The number of hydrogen-bond donors (Lipinski definition) is 2. The predicted octanol–water partition coefficient (Wildman–Crippen LogP) is 4.38. The summed E-state index contributed by atoms with van der Waals surface area (Å²) in [6.45, 7) is 1.38. The molecule has 0 spiro atoms. The monoisotopic (exact) mass is 457 g/mol. The molecule has 9 heteroatoms. The van der Waals surface area contributed by atoms with Crippen LogP contribution in [-0.2, 0) is 14.8 Å². The molecule has 0 bridgehead atoms. The number of amides is 2. The Balaban J connectivity index is 1.75. The molecule has 0 aliphatic heterocycles. The third-order valence-electron chi connectivity index (χ3n) is 4.43. The van der Waals surface area contributed by atoms with Crippen LogP contribution in [0.2, 0.25) is 5.02 Å². The molecule has 3 aromatic rings. The Hall–Kier alpha value is -3.36. The number of halogens is 1. The van der Waals surface area contributed by atoms with Gasteiger partial charge in [0.2, 0.25) is 5.91 Å². The van der Waals surface area contributed by atoms with Crippen molar-refractivity contribution in [1.82, 2.24) is 0 Å². The first-order valence-corrected chi connectivity index (χ1v) is 11.0. The first kappa shape index (κ1) is 22.3. The van der Waals surface area contributed by atoms with Gasteiger partial charge >= 0.3 is 0 Å². The number of nitrogens with one attached hydrogen (secondary N) is 2. The third-order valence-corrected chi connectivity index (χ3v) is 6.54. The van der Waals surface area contributed by atoms with Crippen molar-refractivity contribution in [3.63, 3.8) is 0 Å². The maximum absolute atomic E-state index is 12.8. The summed E-state index contributed by atoms with van der Waals surface area (Å²) in [7, 11) is -2.30. The van der Waals surface area contributed by atoms with Crippen molar-refractivity contribution in [3.8, 4) is 0 Å². The molecular weight excluding hydrogens is 438 g/mol. The highest BCUT2D eigenvalue weighted by atomic mass is 35.5. The van der Waals surface area contributed by atoms with E-state index in [2.05, 4.69) is 10.6 Å². The standard InChI is InChI=1S/C22H20ClN3O4S/c1-15(27)24-17-10-13-21(20(23)14-17)25-22(28)16-8-11-19(12-9-16)31(29,30)26(2)18-6-4-3-5-7-18/h3-14H,1-2H3,(H,24,27)(H,25,28). The Morgan fingerprint density at radius 1 is 0.903 bits per heavy atom. The van der Waals surface area contributed by atoms with Gasteiger partial charge in [0, 0.05) is 25.2 Å². The van der Waals surface area contributed by atoms with Gasteiger partial charge in [-0.05, 0) is 54.6 Å². The van der Waals surface area contributed by atoms with Gasteiger partial charge in [-0.1, -0.05) is 29.8 Å². The fourth-order valence-corrected chi connectivity index (χ4v) is 4.23. The molecule has 0 saturated heterocycles. The first-order chi connectivity index (χ1) is 14.7. The van der Waals surface area contributed by atoms with E-state index in [0.29, 0.717) is 17.1 Å². The number of nitrogens with zero attached hydrogens (tertiary/aromatic N) is 1. The molecule has 0 aromatic heterocycles. The van der Waals surface area contributed by atoms with Gasteiger partial charge in [-0.3, -0.25) is 13.9 Å². The summed E-state index contributed by atoms with van der Waals surface area (Å²) in [5.41, 5.74) is 1.67. The number of benzene rings is 3. The lowest BCUT2D eigenvalue weighted by Crippen LogP contribution is -2.26. The Bertz CT molecular complexity index is 1210. The highest BCUT2D eigenvalue weighted by Crippen LogP contribution is 2.26. The zero-order valence-electron chi connectivity index (χ0n) is 16.8. The predicted molar refractivity (Wildman–Crippen MR) is 122 cm³/mol. The molecule has 0 unspecified atom stereocenters. The van der Waals surface area contributed by atoms with Crippen LogP contribution in [0.1, 0.15) is 17.3 Å². The number of anilines is 3. The summed E-state index contributed by atoms with van der Waals surface area (Å²) in [6, 6.07) is 19.0. The molecule has 0 aliphatic rings. The fourth-order valence-electron chi connectivity index (χ4n) is 2.81. The number of carbonyl (C=O) groups is 2. The zero-order valence-corrected chi connectivity index (χ0v) is 18.4. The summed E-state index contributed by atoms with van der Waals surface area (Å²) >= 11 is 6.17. The van der Waals surface area contributed by atoms with Crippen molar-refractivity contribution >= 4 is 50.5 Å². The van der Waals surface area contributed by atoms with Crippen LogP contribution in [0.4, 0.5) is 17.1 Å². The summed E-state index contributed by atoms with van der Waals surface area (Å²) in [5.74, 6) is -0.685. The minimum absolute atomic E-state index is 0.0631. The Morgan fingerprint density at radius 3 is 2.13 bits per heavy atom. The van der Waals surface area contributed by atoms with Gasteiger partial charge < -0.3 is 10.6 Å². The Labute approximate surface area is 185 Å². The van der Waals surface area contributed by atoms with Crippen LogP contribution in [0.3, 0.4) is 0 Å². The third kappa shape index (κ3) is 5.22. The number of para-hydroxylation sites is 1. The second kappa shape index (κ2) is 9.20. The molecule has 0 aliphatic carbocycles. The van der Waals surface area contributed by atoms with Gasteiger partial charge in [0.05, 0.1) is 21.3 Å². The highest BCUT2D eigenvalue weighted by molar-refractivity contribution is 7.92. The fraction of sp³-hybridized carbons (Fsp3) is 0.0909. The normalized spacial score (nSPS) is 10.9. The van der Waals surface area contributed by atoms with E-state index in [-0.39, 0.29) is 21.4 Å². The van der Waals surface area contributed by atoms with Crippen LogP contribution >= 0.6 is 11.6 Å². The number of sulfonamides is 1. The maximum Gasteiger partial charge on any atom is 0.264 e. The van der Waals surface area contributed by atoms with Crippen LogP contribution in [0.15, 0.2) is 77.7 Å². The van der Waals surface area contributed by atoms with Gasteiger partial charge in [0.15, 0.2) is 0 Å². The molecule has 31 heavy (non-hydrogen) atoms. The summed E-state index contributed by atoms with van der Waals surface area (Å²) in [4.78, 5) is 23.7. The van der Waals surface area contributed by atoms with Gasteiger partial charge in [0.25, 0.3) is 15.9 Å². The van der Waals surface area contributed by atoms with Crippen LogP contribution in [0.25, 0.3) is 0 Å². The molecule has 0 fully saturated rings. The van der Waals surface area contributed by atoms with Gasteiger partial charge in [-0.25, -0.2) is 8.42 Å². The molecule has 0 atom stereocenters. The molecule has 160 valence electrons. The maximum atomic E-state index is 12.8. The molecule has 0 saturated carbocycles. The van der Waals surface area contributed by atoms with Gasteiger partial charge in [-0.2, -0.15) is 0 Å². The average Bonchev–Trinajstić information content (AvgIpc) is 2.75. The SMILES string of the molecule is CC(=O)Nc1ccc(NC(=O)c2ccc(S(=O)(=O)N(C)c3ccccc3)cc2)c(Cl)c1. The van der Waals surface area contributed by atoms with E-state index < -0.39 is 15.9 Å². The lowest BCUT2D eigenvalue weighted by Gasteiger charge is -2.19. The van der Waals surface area contributed by atoms with Crippen LogP contribution in [-0.4, -0.2) is 27.3 Å². The lowest BCUT2D eigenvalue weighted by atomic mass is 10.2. The molecule has 0 heterocycles. The van der Waals surface area contributed by atoms with E-state index in [0.717, 1.165) is 0 Å². The smallest absolute Gasteiger partial charge is 0.264 e.